The predicted molar refractivity (Wildman–Crippen MR) is 69.3 cm³/mol. The van der Waals surface area contributed by atoms with E-state index in [1.807, 2.05) is 37.3 Å². The maximum atomic E-state index is 10.5. The number of nitrogens with zero attached hydrogens (tertiary/aromatic N) is 1. The first kappa shape index (κ1) is 12.6. The molecular formula is C13H13N2O2S-. The lowest BCUT2D eigenvalue weighted by Crippen LogP contribution is -2.24. The van der Waals surface area contributed by atoms with Crippen LogP contribution in [0.1, 0.15) is 24.2 Å². The Hall–Kier alpha value is -1.88. The van der Waals surface area contributed by atoms with Crippen LogP contribution in [-0.4, -0.2) is 11.0 Å². The molecule has 1 atom stereocenters. The van der Waals surface area contributed by atoms with Crippen molar-refractivity contribution in [3.05, 3.63) is 47.0 Å². The summed E-state index contributed by atoms with van der Waals surface area (Å²) in [5.74, 6) is -1.11. The fourth-order valence-corrected chi connectivity index (χ4v) is 2.41. The third-order valence-electron chi connectivity index (χ3n) is 2.52. The molecule has 2 rings (SSSR count). The predicted octanol–water partition coefficient (Wildman–Crippen LogP) is 1.61. The lowest BCUT2D eigenvalue weighted by Gasteiger charge is -2.12. The minimum absolute atomic E-state index is 0.133. The molecule has 0 amide bonds. The van der Waals surface area contributed by atoms with E-state index in [1.165, 1.54) is 11.3 Å². The van der Waals surface area contributed by atoms with Gasteiger partial charge in [0.1, 0.15) is 0 Å². The highest BCUT2D eigenvalue weighted by atomic mass is 32.1. The zero-order valence-electron chi connectivity index (χ0n) is 9.92. The lowest BCUT2D eigenvalue weighted by molar-refractivity contribution is -0.304. The van der Waals surface area contributed by atoms with Crippen LogP contribution in [0.25, 0.3) is 0 Å². The van der Waals surface area contributed by atoms with Crippen LogP contribution in [0.2, 0.25) is 0 Å². The Balaban J connectivity index is 2.01. The second kappa shape index (κ2) is 5.64. The van der Waals surface area contributed by atoms with Gasteiger partial charge < -0.3 is 15.2 Å². The van der Waals surface area contributed by atoms with E-state index in [0.29, 0.717) is 5.69 Å². The van der Waals surface area contributed by atoms with Crippen molar-refractivity contribution in [2.75, 3.05) is 5.32 Å². The molecule has 0 radical (unpaired) electrons. The van der Waals surface area contributed by atoms with Gasteiger partial charge in [0.2, 0.25) is 0 Å². The van der Waals surface area contributed by atoms with Crippen LogP contribution in [-0.2, 0) is 11.2 Å². The average molecular weight is 261 g/mol. The summed E-state index contributed by atoms with van der Waals surface area (Å²) in [6.07, 6.45) is -0.141. The molecule has 5 heteroatoms. The molecule has 0 bridgehead atoms. The van der Waals surface area contributed by atoms with Crippen LogP contribution < -0.4 is 10.4 Å². The highest BCUT2D eigenvalue weighted by Gasteiger charge is 2.07. The largest absolute Gasteiger partial charge is 0.550 e. The second-order valence-corrected chi connectivity index (χ2v) is 4.83. The van der Waals surface area contributed by atoms with E-state index in [9.17, 15) is 9.90 Å². The van der Waals surface area contributed by atoms with Gasteiger partial charge in [0.25, 0.3) is 0 Å². The van der Waals surface area contributed by atoms with E-state index < -0.39 is 5.97 Å². The van der Waals surface area contributed by atoms with Gasteiger partial charge in [-0.2, -0.15) is 0 Å². The molecule has 0 saturated heterocycles. The van der Waals surface area contributed by atoms with Crippen molar-refractivity contribution >= 4 is 22.4 Å². The summed E-state index contributed by atoms with van der Waals surface area (Å²) in [6.45, 7) is 2.04. The number of benzene rings is 1. The summed E-state index contributed by atoms with van der Waals surface area (Å²) in [5, 5.41) is 16.2. The lowest BCUT2D eigenvalue weighted by atomic mass is 10.1. The number of carbonyl (C=O) groups excluding carboxylic acids is 1. The molecule has 18 heavy (non-hydrogen) atoms. The number of nitrogens with one attached hydrogen (secondary N) is 1. The Morgan fingerprint density at radius 3 is 2.83 bits per heavy atom. The van der Waals surface area contributed by atoms with E-state index in [1.54, 1.807) is 5.38 Å². The van der Waals surface area contributed by atoms with Gasteiger partial charge in [-0.25, -0.2) is 4.98 Å². The monoisotopic (exact) mass is 261 g/mol. The number of aliphatic carboxylic acids is 1. The Kier molecular flexibility index (Phi) is 3.94. The van der Waals surface area contributed by atoms with Crippen molar-refractivity contribution in [3.8, 4) is 0 Å². The average Bonchev–Trinajstić information content (AvgIpc) is 2.76. The number of anilines is 1. The highest BCUT2D eigenvalue weighted by molar-refractivity contribution is 7.13. The Labute approximate surface area is 109 Å². The third-order valence-corrected chi connectivity index (χ3v) is 3.34. The molecule has 0 unspecified atom stereocenters. The van der Waals surface area contributed by atoms with Gasteiger partial charge in [0.15, 0.2) is 5.13 Å². The molecule has 4 nitrogen and oxygen atoms in total. The van der Waals surface area contributed by atoms with E-state index in [0.717, 1.165) is 10.7 Å². The molecule has 0 aliphatic rings. The van der Waals surface area contributed by atoms with Gasteiger partial charge in [0.05, 0.1) is 11.7 Å². The molecule has 0 saturated carbocycles. The Morgan fingerprint density at radius 2 is 2.17 bits per heavy atom. The molecular weight excluding hydrogens is 248 g/mol. The van der Waals surface area contributed by atoms with Crippen molar-refractivity contribution in [1.82, 2.24) is 4.98 Å². The zero-order valence-corrected chi connectivity index (χ0v) is 10.7. The molecule has 1 N–H and O–H groups in total. The van der Waals surface area contributed by atoms with Crippen molar-refractivity contribution in [2.24, 2.45) is 0 Å². The number of hydrogen-bond donors (Lipinski definition) is 1. The van der Waals surface area contributed by atoms with E-state index in [2.05, 4.69) is 10.3 Å². The van der Waals surface area contributed by atoms with Crippen molar-refractivity contribution in [3.63, 3.8) is 0 Å². The first-order valence-corrected chi connectivity index (χ1v) is 6.49. The van der Waals surface area contributed by atoms with E-state index in [4.69, 9.17) is 0 Å². The van der Waals surface area contributed by atoms with Gasteiger partial charge >= 0.3 is 0 Å². The highest BCUT2D eigenvalue weighted by Crippen LogP contribution is 2.22. The molecule has 1 aromatic carbocycles. The molecule has 2 aromatic rings. The van der Waals surface area contributed by atoms with Crippen LogP contribution in [0.4, 0.5) is 5.13 Å². The van der Waals surface area contributed by atoms with Crippen molar-refractivity contribution in [2.45, 2.75) is 19.4 Å². The summed E-state index contributed by atoms with van der Waals surface area (Å²) in [4.78, 5) is 14.7. The summed E-state index contributed by atoms with van der Waals surface area (Å²) >= 11 is 1.40. The van der Waals surface area contributed by atoms with Crippen LogP contribution >= 0.6 is 11.3 Å². The summed E-state index contributed by atoms with van der Waals surface area (Å²) in [7, 11) is 0. The van der Waals surface area contributed by atoms with Gasteiger partial charge in [-0.3, -0.25) is 0 Å². The SMILES string of the molecule is C[C@H](Nc1nc(CC(=O)[O-])cs1)c1ccccc1. The quantitative estimate of drug-likeness (QED) is 0.888. The fourth-order valence-electron chi connectivity index (χ4n) is 1.61. The number of rotatable bonds is 5. The van der Waals surface area contributed by atoms with Crippen LogP contribution in [0.3, 0.4) is 0 Å². The molecule has 0 aliphatic carbocycles. The van der Waals surface area contributed by atoms with E-state index in [-0.39, 0.29) is 12.5 Å². The Bertz CT molecular complexity index is 525. The molecule has 1 heterocycles. The summed E-state index contributed by atoms with van der Waals surface area (Å²) in [6, 6.07) is 10.1. The third kappa shape index (κ3) is 3.30. The van der Waals surface area contributed by atoms with Crippen LogP contribution in [0.5, 0.6) is 0 Å². The number of hydrogen-bond acceptors (Lipinski definition) is 5. The van der Waals surface area contributed by atoms with Crippen LogP contribution in [0.15, 0.2) is 35.7 Å². The minimum atomic E-state index is -1.11. The smallest absolute Gasteiger partial charge is 0.183 e. The first-order valence-electron chi connectivity index (χ1n) is 5.61. The van der Waals surface area contributed by atoms with Gasteiger partial charge in [-0.1, -0.05) is 30.3 Å². The first-order chi connectivity index (χ1) is 8.65. The van der Waals surface area contributed by atoms with Gasteiger partial charge in [0, 0.05) is 17.8 Å². The standard InChI is InChI=1S/C13H14N2O2S/c1-9(10-5-3-2-4-6-10)14-13-15-11(8-18-13)7-12(16)17/h2-6,8-9H,7H2,1H3,(H,14,15)(H,16,17)/p-1/t9-/m0/s1. The van der Waals surface area contributed by atoms with E-state index >= 15 is 0 Å². The van der Waals surface area contributed by atoms with Gasteiger partial charge in [-0.05, 0) is 12.5 Å². The topological polar surface area (TPSA) is 65.0 Å². The number of aromatic nitrogens is 1. The number of carboxylic acid groups (broad SMARTS) is 1. The maximum absolute atomic E-state index is 10.5. The van der Waals surface area contributed by atoms with Crippen LogP contribution in [0, 0.1) is 0 Å². The molecule has 0 aliphatic heterocycles. The number of thiazole rings is 1. The van der Waals surface area contributed by atoms with Crippen molar-refractivity contribution in [1.29, 1.82) is 0 Å². The minimum Gasteiger partial charge on any atom is -0.550 e. The van der Waals surface area contributed by atoms with Crippen molar-refractivity contribution < 1.29 is 9.90 Å². The Morgan fingerprint density at radius 1 is 1.44 bits per heavy atom. The normalized spacial score (nSPS) is 12.1. The fraction of sp³-hybridized carbons (Fsp3) is 0.231. The molecule has 0 spiro atoms. The zero-order chi connectivity index (χ0) is 13.0. The molecule has 94 valence electrons. The summed E-state index contributed by atoms with van der Waals surface area (Å²) < 4.78 is 0. The molecule has 0 fully saturated rings. The maximum Gasteiger partial charge on any atom is 0.183 e. The number of carboxylic acids is 1. The second-order valence-electron chi connectivity index (χ2n) is 3.97. The number of carbonyl (C=O) groups is 1. The molecule has 1 aromatic heterocycles. The van der Waals surface area contributed by atoms with Gasteiger partial charge in [-0.15, -0.1) is 11.3 Å². The summed E-state index contributed by atoms with van der Waals surface area (Å²) in [5.41, 5.74) is 1.69.